The van der Waals surface area contributed by atoms with Gasteiger partial charge in [0.25, 0.3) is 5.91 Å². The van der Waals surface area contributed by atoms with Crippen LogP contribution in [-0.2, 0) is 14.3 Å². The Bertz CT molecular complexity index is 471. The topological polar surface area (TPSA) is 55.8 Å². The van der Waals surface area contributed by atoms with Crippen molar-refractivity contribution in [3.05, 3.63) is 29.3 Å². The number of hydrogen-bond acceptors (Lipinski definition) is 4. The van der Waals surface area contributed by atoms with Gasteiger partial charge in [0.05, 0.1) is 7.11 Å². The fourth-order valence-corrected chi connectivity index (χ4v) is 1.48. The minimum Gasteiger partial charge on any atom is -0.483 e. The summed E-state index contributed by atoms with van der Waals surface area (Å²) in [5.74, 6) is -0.0475. The van der Waals surface area contributed by atoms with E-state index in [0.717, 1.165) is 11.1 Å². The molecule has 0 fully saturated rings. The zero-order chi connectivity index (χ0) is 14.4. The van der Waals surface area contributed by atoms with Gasteiger partial charge in [-0.3, -0.25) is 9.59 Å². The molecule has 0 bridgehead atoms. The van der Waals surface area contributed by atoms with Crippen LogP contribution < -0.4 is 4.74 Å². The summed E-state index contributed by atoms with van der Waals surface area (Å²) < 4.78 is 9.97. The highest BCUT2D eigenvalue weighted by Gasteiger charge is 2.14. The van der Waals surface area contributed by atoms with Crippen molar-refractivity contribution in [2.75, 3.05) is 27.3 Å². The van der Waals surface area contributed by atoms with Crippen LogP contribution in [-0.4, -0.2) is 44.1 Å². The molecule has 0 atom stereocenters. The van der Waals surface area contributed by atoms with Crippen LogP contribution in [0.2, 0.25) is 0 Å². The lowest BCUT2D eigenvalue weighted by Crippen LogP contribution is -2.36. The summed E-state index contributed by atoms with van der Waals surface area (Å²) in [5, 5.41) is 0. The van der Waals surface area contributed by atoms with Crippen LogP contribution in [0.5, 0.6) is 5.75 Å². The second-order valence-corrected chi connectivity index (χ2v) is 4.31. The van der Waals surface area contributed by atoms with Gasteiger partial charge in [-0.15, -0.1) is 0 Å². The maximum absolute atomic E-state index is 11.8. The first kappa shape index (κ1) is 15.0. The molecule has 5 nitrogen and oxygen atoms in total. The van der Waals surface area contributed by atoms with Crippen LogP contribution in [0.1, 0.15) is 11.1 Å². The Labute approximate surface area is 113 Å². The molecule has 0 unspecified atom stereocenters. The lowest BCUT2D eigenvalue weighted by molar-refractivity contribution is -0.146. The summed E-state index contributed by atoms with van der Waals surface area (Å²) in [6, 6.07) is 5.67. The van der Waals surface area contributed by atoms with Gasteiger partial charge in [-0.1, -0.05) is 12.1 Å². The van der Waals surface area contributed by atoms with E-state index in [-0.39, 0.29) is 19.1 Å². The van der Waals surface area contributed by atoms with Crippen LogP contribution in [0.4, 0.5) is 0 Å². The summed E-state index contributed by atoms with van der Waals surface area (Å²) in [4.78, 5) is 24.1. The normalized spacial score (nSPS) is 9.89. The number of amides is 1. The highest BCUT2D eigenvalue weighted by Crippen LogP contribution is 2.20. The van der Waals surface area contributed by atoms with E-state index >= 15 is 0 Å². The molecule has 1 aromatic rings. The third-order valence-corrected chi connectivity index (χ3v) is 2.93. The molecule has 0 aromatic heterocycles. The largest absolute Gasteiger partial charge is 0.483 e. The van der Waals surface area contributed by atoms with Crippen molar-refractivity contribution >= 4 is 11.9 Å². The zero-order valence-corrected chi connectivity index (χ0v) is 11.7. The summed E-state index contributed by atoms with van der Waals surface area (Å²) in [5.41, 5.74) is 2.11. The molecular formula is C14H19NO4. The number of rotatable bonds is 5. The third kappa shape index (κ3) is 4.28. The molecule has 19 heavy (non-hydrogen) atoms. The van der Waals surface area contributed by atoms with Crippen molar-refractivity contribution in [2.45, 2.75) is 13.8 Å². The standard InChI is InChI=1S/C14H19NO4/c1-10-6-5-7-12(11(10)2)19-9-13(16)15(3)8-14(17)18-4/h5-7H,8-9H2,1-4H3. The minimum absolute atomic E-state index is 0.0779. The summed E-state index contributed by atoms with van der Waals surface area (Å²) in [6.45, 7) is 3.74. The van der Waals surface area contributed by atoms with E-state index in [2.05, 4.69) is 4.74 Å². The summed E-state index contributed by atoms with van der Waals surface area (Å²) >= 11 is 0. The zero-order valence-electron chi connectivity index (χ0n) is 11.7. The number of benzene rings is 1. The molecule has 1 aromatic carbocycles. The predicted molar refractivity (Wildman–Crippen MR) is 71.1 cm³/mol. The smallest absolute Gasteiger partial charge is 0.325 e. The number of likely N-dealkylation sites (N-methyl/N-ethyl adjacent to an activating group) is 1. The number of ether oxygens (including phenoxy) is 2. The molecular weight excluding hydrogens is 246 g/mol. The van der Waals surface area contributed by atoms with Gasteiger partial charge >= 0.3 is 5.97 Å². The van der Waals surface area contributed by atoms with E-state index in [9.17, 15) is 9.59 Å². The van der Waals surface area contributed by atoms with Crippen molar-refractivity contribution in [1.82, 2.24) is 4.90 Å². The van der Waals surface area contributed by atoms with Crippen molar-refractivity contribution < 1.29 is 19.1 Å². The number of nitrogens with zero attached hydrogens (tertiary/aromatic N) is 1. The van der Waals surface area contributed by atoms with E-state index in [1.54, 1.807) is 0 Å². The van der Waals surface area contributed by atoms with Gasteiger partial charge < -0.3 is 14.4 Å². The van der Waals surface area contributed by atoms with Crippen LogP contribution in [0, 0.1) is 13.8 Å². The summed E-state index contributed by atoms with van der Waals surface area (Å²) in [6.07, 6.45) is 0. The van der Waals surface area contributed by atoms with E-state index in [1.165, 1.54) is 19.1 Å². The molecule has 1 amide bonds. The third-order valence-electron chi connectivity index (χ3n) is 2.93. The first-order chi connectivity index (χ1) is 8.95. The Balaban J connectivity index is 2.54. The first-order valence-corrected chi connectivity index (χ1v) is 5.95. The predicted octanol–water partition coefficient (Wildman–Crippen LogP) is 1.31. The Kier molecular flexibility index (Phi) is 5.36. The van der Waals surface area contributed by atoms with Gasteiger partial charge in [0.1, 0.15) is 12.3 Å². The van der Waals surface area contributed by atoms with Crippen LogP contribution >= 0.6 is 0 Å². The minimum atomic E-state index is -0.456. The van der Waals surface area contributed by atoms with E-state index in [0.29, 0.717) is 5.75 Å². The van der Waals surface area contributed by atoms with Crippen molar-refractivity contribution in [1.29, 1.82) is 0 Å². The summed E-state index contributed by atoms with van der Waals surface area (Å²) in [7, 11) is 2.82. The SMILES string of the molecule is COC(=O)CN(C)C(=O)COc1cccc(C)c1C. The lowest BCUT2D eigenvalue weighted by atomic mass is 10.1. The molecule has 0 saturated carbocycles. The highest BCUT2D eigenvalue weighted by molar-refractivity contribution is 5.82. The van der Waals surface area contributed by atoms with Crippen LogP contribution in [0.3, 0.4) is 0 Å². The molecule has 0 saturated heterocycles. The second-order valence-electron chi connectivity index (χ2n) is 4.31. The van der Waals surface area contributed by atoms with Crippen molar-refractivity contribution in [3.8, 4) is 5.75 Å². The number of carbonyl (C=O) groups is 2. The molecule has 1 rings (SSSR count). The number of hydrogen-bond donors (Lipinski definition) is 0. The van der Waals surface area contributed by atoms with Gasteiger partial charge in [-0.25, -0.2) is 0 Å². The number of methoxy groups -OCH3 is 1. The maximum Gasteiger partial charge on any atom is 0.325 e. The fourth-order valence-electron chi connectivity index (χ4n) is 1.48. The highest BCUT2D eigenvalue weighted by atomic mass is 16.5. The maximum atomic E-state index is 11.8. The molecule has 104 valence electrons. The average Bonchev–Trinajstić information content (AvgIpc) is 2.39. The van der Waals surface area contributed by atoms with E-state index in [4.69, 9.17) is 4.74 Å². The molecule has 0 aliphatic heterocycles. The van der Waals surface area contributed by atoms with Crippen LogP contribution in [0.15, 0.2) is 18.2 Å². The molecule has 0 heterocycles. The average molecular weight is 265 g/mol. The van der Waals surface area contributed by atoms with Crippen molar-refractivity contribution in [3.63, 3.8) is 0 Å². The Morgan fingerprint density at radius 1 is 1.26 bits per heavy atom. The Hall–Kier alpha value is -2.04. The van der Waals surface area contributed by atoms with Crippen LogP contribution in [0.25, 0.3) is 0 Å². The van der Waals surface area contributed by atoms with Crippen molar-refractivity contribution in [2.24, 2.45) is 0 Å². The van der Waals surface area contributed by atoms with Gasteiger partial charge in [0.15, 0.2) is 6.61 Å². The Morgan fingerprint density at radius 3 is 2.58 bits per heavy atom. The molecule has 0 N–H and O–H groups in total. The molecule has 0 aliphatic rings. The molecule has 0 aliphatic carbocycles. The molecule has 0 spiro atoms. The quantitative estimate of drug-likeness (QED) is 0.753. The number of aryl methyl sites for hydroxylation is 1. The van der Waals surface area contributed by atoms with E-state index in [1.807, 2.05) is 32.0 Å². The van der Waals surface area contributed by atoms with Gasteiger partial charge in [-0.2, -0.15) is 0 Å². The van der Waals surface area contributed by atoms with E-state index < -0.39 is 5.97 Å². The number of carbonyl (C=O) groups excluding carboxylic acids is 2. The molecule has 5 heteroatoms. The van der Waals surface area contributed by atoms with Gasteiger partial charge in [0.2, 0.25) is 0 Å². The molecule has 0 radical (unpaired) electrons. The lowest BCUT2D eigenvalue weighted by Gasteiger charge is -2.16. The second kappa shape index (κ2) is 6.78. The fraction of sp³-hybridized carbons (Fsp3) is 0.429. The monoisotopic (exact) mass is 265 g/mol. The Morgan fingerprint density at radius 2 is 1.95 bits per heavy atom. The number of esters is 1. The van der Waals surface area contributed by atoms with Gasteiger partial charge in [-0.05, 0) is 31.0 Å². The van der Waals surface area contributed by atoms with Gasteiger partial charge in [0, 0.05) is 7.05 Å². The first-order valence-electron chi connectivity index (χ1n) is 5.95.